The molecular weight excluding hydrogens is 495 g/mol. The van der Waals surface area contributed by atoms with E-state index in [2.05, 4.69) is 32.4 Å². The number of carbonyl (C=O) groups is 1. The third-order valence-electron chi connectivity index (χ3n) is 8.15. The number of carbonyl (C=O) groups excluding carboxylic acids is 1. The Morgan fingerprint density at radius 2 is 1.92 bits per heavy atom. The maximum atomic E-state index is 13.7. The number of nitrogens with zero attached hydrogens (tertiary/aromatic N) is 3. The summed E-state index contributed by atoms with van der Waals surface area (Å²) in [4.78, 5) is 35.5. The number of anilines is 1. The molecule has 1 aliphatic heterocycles. The van der Waals surface area contributed by atoms with Gasteiger partial charge in [0.1, 0.15) is 17.4 Å². The number of piperidine rings is 1. The van der Waals surface area contributed by atoms with Crippen molar-refractivity contribution in [1.29, 1.82) is 0 Å². The lowest BCUT2D eigenvalue weighted by atomic mass is 9.90. The first-order chi connectivity index (χ1) is 18.8. The summed E-state index contributed by atoms with van der Waals surface area (Å²) in [6.07, 6.45) is 3.75. The first-order valence-electron chi connectivity index (χ1n) is 13.5. The predicted octanol–water partition coefficient (Wildman–Crippen LogP) is 5.78. The second-order valence-corrected chi connectivity index (χ2v) is 10.5. The Kier molecular flexibility index (Phi) is 7.55. The van der Waals surface area contributed by atoms with Gasteiger partial charge >= 0.3 is 0 Å². The summed E-state index contributed by atoms with van der Waals surface area (Å²) in [5, 5.41) is 0.949. The lowest BCUT2D eigenvalue weighted by Crippen LogP contribution is -2.36. The molecule has 1 saturated heterocycles. The smallest absolute Gasteiger partial charge is 0.255 e. The van der Waals surface area contributed by atoms with Crippen LogP contribution in [0, 0.1) is 25.6 Å². The van der Waals surface area contributed by atoms with E-state index in [0.717, 1.165) is 59.6 Å². The van der Waals surface area contributed by atoms with Crippen molar-refractivity contribution in [3.63, 3.8) is 0 Å². The molecule has 5 rings (SSSR count). The molecule has 1 fully saturated rings. The Hall–Kier alpha value is -3.94. The van der Waals surface area contributed by atoms with Crippen LogP contribution in [-0.4, -0.2) is 40.5 Å². The highest BCUT2D eigenvalue weighted by atomic mass is 19.1. The SMILES string of the molecule is COc1cc(C)[nH]c(=O)c1CCC(=O)c1c(C)n([C@H](C)C2CCN(c3ccc(F)cn3)CC2)c2ccccc12. The highest BCUT2D eigenvalue weighted by Gasteiger charge is 2.29. The second kappa shape index (κ2) is 11.0. The number of fused-ring (bicyclic) bond motifs is 1. The number of H-pyrrole nitrogens is 1. The average Bonchev–Trinajstić information content (AvgIpc) is 3.23. The number of rotatable bonds is 8. The van der Waals surface area contributed by atoms with Gasteiger partial charge in [-0.3, -0.25) is 9.59 Å². The van der Waals surface area contributed by atoms with Crippen LogP contribution in [-0.2, 0) is 6.42 Å². The largest absolute Gasteiger partial charge is 0.496 e. The molecule has 4 heterocycles. The zero-order valence-electron chi connectivity index (χ0n) is 23.0. The molecule has 39 heavy (non-hydrogen) atoms. The molecule has 0 unspecified atom stereocenters. The van der Waals surface area contributed by atoms with E-state index in [-0.39, 0.29) is 29.6 Å². The van der Waals surface area contributed by atoms with E-state index < -0.39 is 0 Å². The highest BCUT2D eigenvalue weighted by molar-refractivity contribution is 6.09. The number of aromatic nitrogens is 3. The van der Waals surface area contributed by atoms with Gasteiger partial charge in [0.15, 0.2) is 5.78 Å². The summed E-state index contributed by atoms with van der Waals surface area (Å²) in [6, 6.07) is 13.3. The molecule has 8 heteroatoms. The molecule has 1 N–H and O–H groups in total. The van der Waals surface area contributed by atoms with Crippen molar-refractivity contribution in [2.24, 2.45) is 5.92 Å². The van der Waals surface area contributed by atoms with Crippen LogP contribution in [0.15, 0.2) is 53.5 Å². The number of aromatic amines is 1. The Morgan fingerprint density at radius 1 is 1.18 bits per heavy atom. The topological polar surface area (TPSA) is 80.2 Å². The maximum Gasteiger partial charge on any atom is 0.255 e. The van der Waals surface area contributed by atoms with Crippen molar-refractivity contribution < 1.29 is 13.9 Å². The molecule has 0 spiro atoms. The molecule has 1 atom stereocenters. The van der Waals surface area contributed by atoms with Crippen LogP contribution in [0.1, 0.15) is 59.5 Å². The summed E-state index contributed by atoms with van der Waals surface area (Å²) in [6.45, 7) is 7.78. The van der Waals surface area contributed by atoms with Crippen molar-refractivity contribution in [1.82, 2.24) is 14.5 Å². The van der Waals surface area contributed by atoms with Gasteiger partial charge in [0.05, 0.1) is 18.9 Å². The summed E-state index contributed by atoms with van der Waals surface area (Å²) in [5.74, 6) is 1.44. The van der Waals surface area contributed by atoms with Crippen LogP contribution in [0.5, 0.6) is 5.75 Å². The molecule has 1 aromatic carbocycles. The van der Waals surface area contributed by atoms with Gasteiger partial charge in [0.2, 0.25) is 0 Å². The quantitative estimate of drug-likeness (QED) is 0.292. The number of hydrogen-bond acceptors (Lipinski definition) is 5. The molecule has 1 aliphatic rings. The standard InChI is InChI=1S/C31H35FN4O3/c1-19-17-28(39-4)25(31(38)34-19)10-11-27(37)30-21(3)36(26-8-6-5-7-24(26)30)20(2)22-13-15-35(16-14-22)29-12-9-23(32)18-33-29/h5-9,12,17-18,20,22H,10-11,13-16H2,1-4H3,(H,34,38)/t20-/m1/s1. The van der Waals surface area contributed by atoms with E-state index >= 15 is 0 Å². The minimum absolute atomic E-state index is 0.0221. The number of benzene rings is 1. The van der Waals surface area contributed by atoms with E-state index in [1.807, 2.05) is 32.0 Å². The van der Waals surface area contributed by atoms with Crippen LogP contribution in [0.25, 0.3) is 10.9 Å². The van der Waals surface area contributed by atoms with E-state index in [4.69, 9.17) is 4.74 Å². The third-order valence-corrected chi connectivity index (χ3v) is 8.15. The Morgan fingerprint density at radius 3 is 2.62 bits per heavy atom. The van der Waals surface area contributed by atoms with Crippen LogP contribution in [0.4, 0.5) is 10.2 Å². The molecule has 0 radical (unpaired) electrons. The Labute approximate surface area is 227 Å². The van der Waals surface area contributed by atoms with Crippen molar-refractivity contribution >= 4 is 22.5 Å². The number of Topliss-reactive ketones (excluding diaryl/α,β-unsaturated/α-hetero) is 1. The third kappa shape index (κ3) is 5.20. The Bertz CT molecular complexity index is 1550. The average molecular weight is 531 g/mol. The monoisotopic (exact) mass is 530 g/mol. The van der Waals surface area contributed by atoms with Gasteiger partial charge in [-0.25, -0.2) is 9.37 Å². The van der Waals surface area contributed by atoms with Crippen molar-refractivity contribution in [2.75, 3.05) is 25.1 Å². The number of hydrogen-bond donors (Lipinski definition) is 1. The van der Waals surface area contributed by atoms with Crippen molar-refractivity contribution in [3.05, 3.63) is 87.3 Å². The number of pyridine rings is 2. The maximum absolute atomic E-state index is 13.7. The number of nitrogens with one attached hydrogen (secondary N) is 1. The van der Waals surface area contributed by atoms with Gasteiger partial charge < -0.3 is 19.2 Å². The number of halogens is 1. The number of para-hydroxylation sites is 1. The zero-order valence-corrected chi connectivity index (χ0v) is 23.0. The van der Waals surface area contributed by atoms with Gasteiger partial charge in [-0.1, -0.05) is 18.2 Å². The highest BCUT2D eigenvalue weighted by Crippen LogP contribution is 2.37. The fourth-order valence-electron chi connectivity index (χ4n) is 6.11. The minimum Gasteiger partial charge on any atom is -0.496 e. The van der Waals surface area contributed by atoms with Crippen LogP contribution in [0.3, 0.4) is 0 Å². The number of ether oxygens (including phenoxy) is 1. The molecule has 0 bridgehead atoms. The number of methoxy groups -OCH3 is 1. The lowest BCUT2D eigenvalue weighted by Gasteiger charge is -2.36. The summed E-state index contributed by atoms with van der Waals surface area (Å²) < 4.78 is 21.0. The fourth-order valence-corrected chi connectivity index (χ4v) is 6.11. The zero-order chi connectivity index (χ0) is 27.7. The van der Waals surface area contributed by atoms with E-state index in [9.17, 15) is 14.0 Å². The van der Waals surface area contributed by atoms with E-state index in [1.165, 1.54) is 12.3 Å². The first kappa shape index (κ1) is 26.7. The van der Waals surface area contributed by atoms with Crippen LogP contribution in [0.2, 0.25) is 0 Å². The molecule has 4 aromatic rings. The minimum atomic E-state index is -0.327. The van der Waals surface area contributed by atoms with Gasteiger partial charge in [-0.2, -0.15) is 0 Å². The van der Waals surface area contributed by atoms with Gasteiger partial charge in [0.25, 0.3) is 5.56 Å². The van der Waals surface area contributed by atoms with Crippen molar-refractivity contribution in [3.8, 4) is 5.75 Å². The predicted molar refractivity (Wildman–Crippen MR) is 152 cm³/mol. The lowest BCUT2D eigenvalue weighted by molar-refractivity contribution is 0.0983. The summed E-state index contributed by atoms with van der Waals surface area (Å²) in [7, 11) is 1.54. The van der Waals surface area contributed by atoms with E-state index in [1.54, 1.807) is 19.2 Å². The number of aryl methyl sites for hydroxylation is 1. The van der Waals surface area contributed by atoms with Gasteiger partial charge in [0, 0.05) is 53.4 Å². The summed E-state index contributed by atoms with van der Waals surface area (Å²) >= 11 is 0. The van der Waals surface area contributed by atoms with Crippen LogP contribution < -0.4 is 15.2 Å². The normalized spacial score (nSPS) is 15.1. The molecule has 204 valence electrons. The fraction of sp³-hybridized carbons (Fsp3) is 0.387. The number of ketones is 1. The molecule has 0 saturated carbocycles. The van der Waals surface area contributed by atoms with Gasteiger partial charge in [-0.05, 0) is 70.2 Å². The second-order valence-electron chi connectivity index (χ2n) is 10.5. The van der Waals surface area contributed by atoms with Crippen molar-refractivity contribution in [2.45, 2.75) is 52.5 Å². The van der Waals surface area contributed by atoms with Gasteiger partial charge in [-0.15, -0.1) is 0 Å². The summed E-state index contributed by atoms with van der Waals surface area (Å²) in [5.41, 5.74) is 3.75. The molecule has 3 aromatic heterocycles. The molecule has 7 nitrogen and oxygen atoms in total. The van der Waals surface area contributed by atoms with E-state index in [0.29, 0.717) is 23.7 Å². The molecule has 0 aliphatic carbocycles. The molecular formula is C31H35FN4O3. The first-order valence-corrected chi connectivity index (χ1v) is 13.5. The van der Waals surface area contributed by atoms with Crippen LogP contribution >= 0.6 is 0 Å². The molecule has 0 amide bonds. The Balaban J connectivity index is 1.37.